The summed E-state index contributed by atoms with van der Waals surface area (Å²) in [5.74, 6) is 0.485. The van der Waals surface area contributed by atoms with Crippen LogP contribution >= 0.6 is 0 Å². The van der Waals surface area contributed by atoms with Crippen LogP contribution in [-0.2, 0) is 0 Å². The Morgan fingerprint density at radius 3 is 2.70 bits per heavy atom. The maximum atomic E-state index is 8.43. The average molecular weight is 138 g/mol. The minimum atomic E-state index is 0.299. The molecule has 56 valence electrons. The zero-order chi connectivity index (χ0) is 7.40. The molecule has 0 aromatic rings. The smallest absolute Gasteiger partial charge is 0.0625 e. The Bertz CT molecular complexity index is 137. The van der Waals surface area contributed by atoms with E-state index in [0.717, 1.165) is 12.8 Å². The lowest BCUT2D eigenvalue weighted by Gasteiger charge is -2.26. The van der Waals surface area contributed by atoms with Gasteiger partial charge in [-0.2, -0.15) is 5.26 Å². The Balaban J connectivity index is 2.34. The fraction of sp³-hybridized carbons (Fsp3) is 0.875. The monoisotopic (exact) mass is 138 g/mol. The number of nitriles is 1. The van der Waals surface area contributed by atoms with Gasteiger partial charge in [0.25, 0.3) is 0 Å². The molecule has 0 unspecified atom stereocenters. The van der Waals surface area contributed by atoms with Gasteiger partial charge < -0.3 is 5.73 Å². The van der Waals surface area contributed by atoms with Gasteiger partial charge in [0, 0.05) is 12.5 Å². The molecule has 0 aromatic heterocycles. The Hall–Kier alpha value is -0.550. The fourth-order valence-corrected chi connectivity index (χ4v) is 1.61. The van der Waals surface area contributed by atoms with Gasteiger partial charge in [0.1, 0.15) is 0 Å². The van der Waals surface area contributed by atoms with Gasteiger partial charge in [0.2, 0.25) is 0 Å². The molecule has 0 saturated heterocycles. The first-order valence-corrected chi connectivity index (χ1v) is 3.97. The Morgan fingerprint density at radius 2 is 2.10 bits per heavy atom. The third kappa shape index (κ3) is 1.71. The lowest BCUT2D eigenvalue weighted by molar-refractivity contribution is 0.312. The van der Waals surface area contributed by atoms with Crippen molar-refractivity contribution in [1.29, 1.82) is 5.26 Å². The molecule has 2 atom stereocenters. The molecule has 0 bridgehead atoms. The second-order valence-corrected chi connectivity index (χ2v) is 3.07. The third-order valence-corrected chi connectivity index (χ3v) is 2.32. The summed E-state index contributed by atoms with van der Waals surface area (Å²) in [5.41, 5.74) is 5.81. The minimum absolute atomic E-state index is 0.299. The molecule has 2 heteroatoms. The molecule has 0 aliphatic heterocycles. The van der Waals surface area contributed by atoms with Crippen LogP contribution in [0.5, 0.6) is 0 Å². The molecular weight excluding hydrogens is 124 g/mol. The number of nitrogens with zero attached hydrogens (tertiary/aromatic N) is 1. The highest BCUT2D eigenvalue weighted by molar-refractivity contribution is 4.85. The Morgan fingerprint density at radius 1 is 1.40 bits per heavy atom. The van der Waals surface area contributed by atoms with Crippen LogP contribution in [0.1, 0.15) is 32.1 Å². The lowest BCUT2D eigenvalue weighted by Crippen LogP contribution is -2.32. The third-order valence-electron chi connectivity index (χ3n) is 2.32. The van der Waals surface area contributed by atoms with Gasteiger partial charge in [0.15, 0.2) is 0 Å². The van der Waals surface area contributed by atoms with Crippen LogP contribution in [0.25, 0.3) is 0 Å². The van der Waals surface area contributed by atoms with E-state index in [9.17, 15) is 0 Å². The summed E-state index contributed by atoms with van der Waals surface area (Å²) in [4.78, 5) is 0. The second kappa shape index (κ2) is 3.58. The molecule has 1 aliphatic carbocycles. The summed E-state index contributed by atoms with van der Waals surface area (Å²) < 4.78 is 0. The molecule has 2 nitrogen and oxygen atoms in total. The lowest BCUT2D eigenvalue weighted by atomic mass is 9.83. The molecule has 0 amide bonds. The Labute approximate surface area is 62.0 Å². The van der Waals surface area contributed by atoms with E-state index in [4.69, 9.17) is 11.0 Å². The molecule has 0 spiro atoms. The maximum Gasteiger partial charge on any atom is 0.0625 e. The van der Waals surface area contributed by atoms with Gasteiger partial charge in [-0.1, -0.05) is 12.8 Å². The molecule has 1 aliphatic rings. The van der Waals surface area contributed by atoms with Gasteiger partial charge in [-0.15, -0.1) is 0 Å². The van der Waals surface area contributed by atoms with E-state index in [0.29, 0.717) is 18.4 Å². The van der Waals surface area contributed by atoms with E-state index in [1.165, 1.54) is 12.8 Å². The fourth-order valence-electron chi connectivity index (χ4n) is 1.61. The quantitative estimate of drug-likeness (QED) is 0.595. The number of hydrogen-bond acceptors (Lipinski definition) is 2. The molecule has 0 aromatic carbocycles. The van der Waals surface area contributed by atoms with Crippen LogP contribution in [0.15, 0.2) is 0 Å². The van der Waals surface area contributed by atoms with Gasteiger partial charge in [-0.25, -0.2) is 0 Å². The topological polar surface area (TPSA) is 49.8 Å². The summed E-state index contributed by atoms with van der Waals surface area (Å²) in [6, 6.07) is 2.49. The zero-order valence-electron chi connectivity index (χ0n) is 6.21. The largest absolute Gasteiger partial charge is 0.327 e. The standard InChI is InChI=1S/C8H14N2/c9-6-5-7-3-1-2-4-8(7)10/h7-8H,1-5,10H2/t7-,8+/m1/s1. The molecule has 2 N–H and O–H groups in total. The van der Waals surface area contributed by atoms with Crippen molar-refractivity contribution in [2.75, 3.05) is 0 Å². The maximum absolute atomic E-state index is 8.43. The molecule has 0 heterocycles. The van der Waals surface area contributed by atoms with Crippen molar-refractivity contribution >= 4 is 0 Å². The van der Waals surface area contributed by atoms with Crippen molar-refractivity contribution < 1.29 is 0 Å². The highest BCUT2D eigenvalue weighted by Gasteiger charge is 2.20. The highest BCUT2D eigenvalue weighted by Crippen LogP contribution is 2.24. The molecular formula is C8H14N2. The zero-order valence-corrected chi connectivity index (χ0v) is 6.21. The first-order chi connectivity index (χ1) is 4.84. The van der Waals surface area contributed by atoms with Gasteiger partial charge in [-0.05, 0) is 18.8 Å². The first-order valence-electron chi connectivity index (χ1n) is 3.97. The average Bonchev–Trinajstić information content (AvgIpc) is 1.94. The number of hydrogen-bond donors (Lipinski definition) is 1. The van der Waals surface area contributed by atoms with E-state index in [1.54, 1.807) is 0 Å². The van der Waals surface area contributed by atoms with E-state index in [-0.39, 0.29) is 0 Å². The van der Waals surface area contributed by atoms with Crippen molar-refractivity contribution in [3.05, 3.63) is 0 Å². The SMILES string of the molecule is N#CC[C@H]1CCCC[C@@H]1N. The van der Waals surface area contributed by atoms with Crippen LogP contribution in [-0.4, -0.2) is 6.04 Å². The minimum Gasteiger partial charge on any atom is -0.327 e. The van der Waals surface area contributed by atoms with Crippen molar-refractivity contribution in [1.82, 2.24) is 0 Å². The summed E-state index contributed by atoms with van der Waals surface area (Å²) in [6.07, 6.45) is 5.45. The van der Waals surface area contributed by atoms with Crippen molar-refractivity contribution in [3.8, 4) is 6.07 Å². The normalized spacial score (nSPS) is 33.2. The summed E-state index contributed by atoms with van der Waals surface area (Å²) >= 11 is 0. The van der Waals surface area contributed by atoms with Crippen LogP contribution < -0.4 is 5.73 Å². The molecule has 10 heavy (non-hydrogen) atoms. The van der Waals surface area contributed by atoms with Crippen molar-refractivity contribution in [3.63, 3.8) is 0 Å². The predicted octanol–water partition coefficient (Wildman–Crippen LogP) is 1.42. The summed E-state index contributed by atoms with van der Waals surface area (Å²) in [7, 11) is 0. The molecule has 1 fully saturated rings. The van der Waals surface area contributed by atoms with Crippen LogP contribution in [0.4, 0.5) is 0 Å². The van der Waals surface area contributed by atoms with Crippen molar-refractivity contribution in [2.24, 2.45) is 11.7 Å². The van der Waals surface area contributed by atoms with E-state index < -0.39 is 0 Å². The molecule has 0 radical (unpaired) electrons. The summed E-state index contributed by atoms with van der Waals surface area (Å²) in [6.45, 7) is 0. The second-order valence-electron chi connectivity index (χ2n) is 3.07. The Kier molecular flexibility index (Phi) is 2.70. The highest BCUT2D eigenvalue weighted by atomic mass is 14.7. The van der Waals surface area contributed by atoms with E-state index in [2.05, 4.69) is 6.07 Å². The van der Waals surface area contributed by atoms with Crippen molar-refractivity contribution in [2.45, 2.75) is 38.1 Å². The van der Waals surface area contributed by atoms with Crippen LogP contribution in [0, 0.1) is 17.2 Å². The van der Waals surface area contributed by atoms with Gasteiger partial charge in [-0.3, -0.25) is 0 Å². The summed E-state index contributed by atoms with van der Waals surface area (Å²) in [5, 5.41) is 8.43. The first kappa shape index (κ1) is 7.56. The van der Waals surface area contributed by atoms with E-state index in [1.807, 2.05) is 0 Å². The van der Waals surface area contributed by atoms with E-state index >= 15 is 0 Å². The molecule has 1 saturated carbocycles. The molecule has 1 rings (SSSR count). The van der Waals surface area contributed by atoms with Gasteiger partial charge >= 0.3 is 0 Å². The van der Waals surface area contributed by atoms with Crippen LogP contribution in [0.2, 0.25) is 0 Å². The predicted molar refractivity (Wildman–Crippen MR) is 40.2 cm³/mol. The van der Waals surface area contributed by atoms with Crippen LogP contribution in [0.3, 0.4) is 0 Å². The van der Waals surface area contributed by atoms with Gasteiger partial charge in [0.05, 0.1) is 6.07 Å². The number of nitrogens with two attached hydrogens (primary N) is 1. The number of rotatable bonds is 1.